The fraction of sp³-hybridized carbons (Fsp3) is 0.0526. The third-order valence-corrected chi connectivity index (χ3v) is 3.53. The van der Waals surface area contributed by atoms with Crippen LogP contribution in [0.1, 0.15) is 17.2 Å². The number of nitrogens with two attached hydrogens (primary N) is 1. The first kappa shape index (κ1) is 13.3. The number of anilines is 2. The van der Waals surface area contributed by atoms with Gasteiger partial charge in [0.1, 0.15) is 0 Å². The highest BCUT2D eigenvalue weighted by Crippen LogP contribution is 2.29. The van der Waals surface area contributed by atoms with Crippen LogP contribution in [0.5, 0.6) is 0 Å². The van der Waals surface area contributed by atoms with Crippen molar-refractivity contribution in [3.05, 3.63) is 96.1 Å². The van der Waals surface area contributed by atoms with Crippen LogP contribution in [0, 0.1) is 0 Å². The van der Waals surface area contributed by atoms with E-state index in [1.165, 1.54) is 11.1 Å². The van der Waals surface area contributed by atoms with E-state index in [0.717, 1.165) is 11.4 Å². The summed E-state index contributed by atoms with van der Waals surface area (Å²) in [5.41, 5.74) is 10.2. The molecule has 0 heterocycles. The smallest absolute Gasteiger partial charge is 0.0768 e. The van der Waals surface area contributed by atoms with E-state index in [1.807, 2.05) is 36.4 Å². The molecule has 0 unspecified atom stereocenters. The fourth-order valence-corrected chi connectivity index (χ4v) is 2.43. The van der Waals surface area contributed by atoms with Crippen LogP contribution in [0.3, 0.4) is 0 Å². The molecule has 0 spiro atoms. The van der Waals surface area contributed by atoms with E-state index in [9.17, 15) is 0 Å². The van der Waals surface area contributed by atoms with E-state index in [2.05, 4.69) is 53.8 Å². The van der Waals surface area contributed by atoms with Crippen molar-refractivity contribution in [3.8, 4) is 0 Å². The van der Waals surface area contributed by atoms with Crippen LogP contribution in [-0.4, -0.2) is 0 Å². The first-order chi connectivity index (χ1) is 10.3. The molecule has 2 nitrogen and oxygen atoms in total. The molecule has 3 rings (SSSR count). The van der Waals surface area contributed by atoms with E-state index in [4.69, 9.17) is 5.73 Å². The van der Waals surface area contributed by atoms with Crippen molar-refractivity contribution in [2.75, 3.05) is 11.1 Å². The quantitative estimate of drug-likeness (QED) is 0.689. The third-order valence-electron chi connectivity index (χ3n) is 3.53. The molecule has 0 aromatic heterocycles. The number of nitrogen functional groups attached to an aromatic ring is 1. The van der Waals surface area contributed by atoms with E-state index >= 15 is 0 Å². The molecule has 0 saturated carbocycles. The van der Waals surface area contributed by atoms with Gasteiger partial charge in [-0.15, -0.1) is 0 Å². The van der Waals surface area contributed by atoms with Gasteiger partial charge >= 0.3 is 0 Å². The highest BCUT2D eigenvalue weighted by atomic mass is 14.9. The summed E-state index contributed by atoms with van der Waals surface area (Å²) in [5.74, 6) is 0. The van der Waals surface area contributed by atoms with Gasteiger partial charge in [0, 0.05) is 0 Å². The molecule has 0 bridgehead atoms. The topological polar surface area (TPSA) is 38.0 Å². The number of para-hydroxylation sites is 2. The molecule has 2 heteroatoms. The average Bonchev–Trinajstić information content (AvgIpc) is 2.56. The second kappa shape index (κ2) is 6.14. The first-order valence-corrected chi connectivity index (χ1v) is 7.05. The third kappa shape index (κ3) is 3.06. The summed E-state index contributed by atoms with van der Waals surface area (Å²) in [6, 6.07) is 28.7. The van der Waals surface area contributed by atoms with Gasteiger partial charge in [0.15, 0.2) is 0 Å². The van der Waals surface area contributed by atoms with Crippen LogP contribution < -0.4 is 11.1 Å². The van der Waals surface area contributed by atoms with Gasteiger partial charge in [-0.2, -0.15) is 0 Å². The summed E-state index contributed by atoms with van der Waals surface area (Å²) in [5, 5.41) is 3.55. The van der Waals surface area contributed by atoms with Crippen LogP contribution in [0.25, 0.3) is 0 Å². The molecule has 0 fully saturated rings. The number of hydrogen-bond donors (Lipinski definition) is 2. The van der Waals surface area contributed by atoms with Crippen LogP contribution in [0.4, 0.5) is 11.4 Å². The minimum absolute atomic E-state index is 0.0806. The summed E-state index contributed by atoms with van der Waals surface area (Å²) >= 11 is 0. The molecular weight excluding hydrogens is 256 g/mol. The summed E-state index contributed by atoms with van der Waals surface area (Å²) in [6.45, 7) is 0. The molecule has 104 valence electrons. The van der Waals surface area contributed by atoms with Crippen LogP contribution in [0.15, 0.2) is 84.9 Å². The van der Waals surface area contributed by atoms with Crippen molar-refractivity contribution in [3.63, 3.8) is 0 Å². The van der Waals surface area contributed by atoms with Crippen LogP contribution in [-0.2, 0) is 0 Å². The van der Waals surface area contributed by atoms with Gasteiger partial charge < -0.3 is 11.1 Å². The maximum Gasteiger partial charge on any atom is 0.0768 e. The van der Waals surface area contributed by atoms with Gasteiger partial charge in [0.2, 0.25) is 0 Å². The molecule has 0 amide bonds. The van der Waals surface area contributed by atoms with Gasteiger partial charge in [-0.3, -0.25) is 0 Å². The Bertz CT molecular complexity index is 654. The minimum atomic E-state index is 0.0806. The van der Waals surface area contributed by atoms with Crippen molar-refractivity contribution >= 4 is 11.4 Å². The summed E-state index contributed by atoms with van der Waals surface area (Å²) in [4.78, 5) is 0. The molecule has 0 aliphatic rings. The average molecular weight is 274 g/mol. The van der Waals surface area contributed by atoms with Gasteiger partial charge in [-0.05, 0) is 23.3 Å². The predicted octanol–water partition coefficient (Wildman–Crippen LogP) is 4.47. The Balaban J connectivity index is 1.99. The Morgan fingerprint density at radius 2 is 1.10 bits per heavy atom. The molecular formula is C19H18N2. The predicted molar refractivity (Wildman–Crippen MR) is 89.2 cm³/mol. The standard InChI is InChI=1S/C19H18N2/c20-17-13-7-8-14-18(17)21-19(15-9-3-1-4-10-15)16-11-5-2-6-12-16/h1-14,19,21H,20H2. The Morgan fingerprint density at radius 1 is 0.619 bits per heavy atom. The lowest BCUT2D eigenvalue weighted by molar-refractivity contribution is 0.940. The van der Waals surface area contributed by atoms with Gasteiger partial charge in [-0.25, -0.2) is 0 Å². The second-order valence-electron chi connectivity index (χ2n) is 4.99. The second-order valence-corrected chi connectivity index (χ2v) is 4.99. The Kier molecular flexibility index (Phi) is 3.88. The molecule has 0 radical (unpaired) electrons. The largest absolute Gasteiger partial charge is 0.397 e. The molecule has 0 aliphatic carbocycles. The number of hydrogen-bond acceptors (Lipinski definition) is 2. The monoisotopic (exact) mass is 274 g/mol. The number of nitrogens with one attached hydrogen (secondary N) is 1. The number of rotatable bonds is 4. The van der Waals surface area contributed by atoms with Crippen molar-refractivity contribution in [2.45, 2.75) is 6.04 Å². The SMILES string of the molecule is Nc1ccccc1NC(c1ccccc1)c1ccccc1. The highest BCUT2D eigenvalue weighted by Gasteiger charge is 2.14. The zero-order valence-electron chi connectivity index (χ0n) is 11.7. The maximum atomic E-state index is 6.06. The van der Waals surface area contributed by atoms with Gasteiger partial charge in [-0.1, -0.05) is 72.8 Å². The molecule has 0 atom stereocenters. The Morgan fingerprint density at radius 3 is 1.62 bits per heavy atom. The maximum absolute atomic E-state index is 6.06. The Hall–Kier alpha value is -2.74. The fourth-order valence-electron chi connectivity index (χ4n) is 2.43. The lowest BCUT2D eigenvalue weighted by Crippen LogP contribution is -2.13. The lowest BCUT2D eigenvalue weighted by Gasteiger charge is -2.22. The minimum Gasteiger partial charge on any atom is -0.397 e. The molecule has 3 aromatic rings. The van der Waals surface area contributed by atoms with Crippen molar-refractivity contribution < 1.29 is 0 Å². The van der Waals surface area contributed by atoms with Crippen LogP contribution >= 0.6 is 0 Å². The van der Waals surface area contributed by atoms with E-state index in [1.54, 1.807) is 0 Å². The molecule has 3 N–H and O–H groups in total. The number of benzene rings is 3. The first-order valence-electron chi connectivity index (χ1n) is 7.05. The zero-order chi connectivity index (χ0) is 14.5. The highest BCUT2D eigenvalue weighted by molar-refractivity contribution is 5.67. The van der Waals surface area contributed by atoms with E-state index in [-0.39, 0.29) is 6.04 Å². The lowest BCUT2D eigenvalue weighted by atomic mass is 9.98. The van der Waals surface area contributed by atoms with Crippen molar-refractivity contribution in [1.82, 2.24) is 0 Å². The summed E-state index contributed by atoms with van der Waals surface area (Å²) < 4.78 is 0. The van der Waals surface area contributed by atoms with E-state index < -0.39 is 0 Å². The van der Waals surface area contributed by atoms with Gasteiger partial charge in [0.05, 0.1) is 17.4 Å². The van der Waals surface area contributed by atoms with Crippen LogP contribution in [0.2, 0.25) is 0 Å². The zero-order valence-corrected chi connectivity index (χ0v) is 11.7. The molecule has 0 aliphatic heterocycles. The van der Waals surface area contributed by atoms with Gasteiger partial charge in [0.25, 0.3) is 0 Å². The molecule has 21 heavy (non-hydrogen) atoms. The molecule has 3 aromatic carbocycles. The summed E-state index contributed by atoms with van der Waals surface area (Å²) in [7, 11) is 0. The normalized spacial score (nSPS) is 10.5. The molecule has 0 saturated heterocycles. The summed E-state index contributed by atoms with van der Waals surface area (Å²) in [6.07, 6.45) is 0. The Labute approximate surface area is 125 Å². The van der Waals surface area contributed by atoms with Crippen molar-refractivity contribution in [2.24, 2.45) is 0 Å². The van der Waals surface area contributed by atoms with Crippen molar-refractivity contribution in [1.29, 1.82) is 0 Å². The van der Waals surface area contributed by atoms with E-state index in [0.29, 0.717) is 0 Å².